The van der Waals surface area contributed by atoms with E-state index in [1.54, 1.807) is 0 Å². The van der Waals surface area contributed by atoms with E-state index in [0.717, 1.165) is 25.7 Å². The molecule has 14 heavy (non-hydrogen) atoms. The SMILES string of the molecule is CCC[C@H]1OC(OC(C)=O)CC1CC. The zero-order valence-electron chi connectivity index (χ0n) is 9.29. The van der Waals surface area contributed by atoms with Crippen molar-refractivity contribution in [1.29, 1.82) is 0 Å². The number of ether oxygens (including phenoxy) is 2. The summed E-state index contributed by atoms with van der Waals surface area (Å²) in [7, 11) is 0. The number of esters is 1. The van der Waals surface area contributed by atoms with Crippen LogP contribution in [0.4, 0.5) is 0 Å². The number of hydrogen-bond donors (Lipinski definition) is 0. The molecule has 82 valence electrons. The van der Waals surface area contributed by atoms with Crippen LogP contribution in [0.5, 0.6) is 0 Å². The van der Waals surface area contributed by atoms with E-state index in [1.807, 2.05) is 0 Å². The van der Waals surface area contributed by atoms with Crippen LogP contribution in [0.2, 0.25) is 0 Å². The second-order valence-corrected chi connectivity index (χ2v) is 3.91. The summed E-state index contributed by atoms with van der Waals surface area (Å²) < 4.78 is 10.7. The normalized spacial score (nSPS) is 31.8. The number of hydrogen-bond acceptors (Lipinski definition) is 3. The highest BCUT2D eigenvalue weighted by Crippen LogP contribution is 2.32. The molecule has 1 rings (SSSR count). The van der Waals surface area contributed by atoms with Gasteiger partial charge in [0, 0.05) is 13.3 Å². The lowest BCUT2D eigenvalue weighted by Gasteiger charge is -2.15. The van der Waals surface area contributed by atoms with Crippen molar-refractivity contribution in [2.75, 3.05) is 0 Å². The Morgan fingerprint density at radius 2 is 2.21 bits per heavy atom. The summed E-state index contributed by atoms with van der Waals surface area (Å²) in [5, 5.41) is 0. The van der Waals surface area contributed by atoms with Gasteiger partial charge in [-0.25, -0.2) is 0 Å². The van der Waals surface area contributed by atoms with Gasteiger partial charge in [-0.3, -0.25) is 4.79 Å². The van der Waals surface area contributed by atoms with Crippen LogP contribution in [0.25, 0.3) is 0 Å². The number of rotatable bonds is 4. The molecule has 2 unspecified atom stereocenters. The molecule has 0 amide bonds. The van der Waals surface area contributed by atoms with Crippen molar-refractivity contribution in [3.8, 4) is 0 Å². The molecule has 0 radical (unpaired) electrons. The Hall–Kier alpha value is -0.570. The first kappa shape index (κ1) is 11.5. The van der Waals surface area contributed by atoms with Crippen molar-refractivity contribution in [2.45, 2.75) is 58.8 Å². The van der Waals surface area contributed by atoms with Crippen LogP contribution < -0.4 is 0 Å². The van der Waals surface area contributed by atoms with Crippen LogP contribution >= 0.6 is 0 Å². The fourth-order valence-electron chi connectivity index (χ4n) is 2.04. The fourth-order valence-corrected chi connectivity index (χ4v) is 2.04. The van der Waals surface area contributed by atoms with Gasteiger partial charge in [0.05, 0.1) is 6.10 Å². The van der Waals surface area contributed by atoms with Crippen molar-refractivity contribution >= 4 is 5.97 Å². The van der Waals surface area contributed by atoms with Gasteiger partial charge in [-0.1, -0.05) is 26.7 Å². The summed E-state index contributed by atoms with van der Waals surface area (Å²) in [6.07, 6.45) is 4.14. The molecule has 0 spiro atoms. The van der Waals surface area contributed by atoms with Gasteiger partial charge in [0.25, 0.3) is 0 Å². The zero-order chi connectivity index (χ0) is 10.6. The fraction of sp³-hybridized carbons (Fsp3) is 0.909. The van der Waals surface area contributed by atoms with Gasteiger partial charge in [-0.15, -0.1) is 0 Å². The summed E-state index contributed by atoms with van der Waals surface area (Å²) >= 11 is 0. The van der Waals surface area contributed by atoms with Crippen LogP contribution in [0, 0.1) is 5.92 Å². The molecule has 0 aliphatic carbocycles. The maximum absolute atomic E-state index is 10.8. The van der Waals surface area contributed by atoms with Gasteiger partial charge in [0.2, 0.25) is 6.29 Å². The van der Waals surface area contributed by atoms with E-state index in [1.165, 1.54) is 6.92 Å². The molecular formula is C11H20O3. The molecular weight excluding hydrogens is 180 g/mol. The highest BCUT2D eigenvalue weighted by atomic mass is 16.7. The highest BCUT2D eigenvalue weighted by Gasteiger charge is 2.34. The van der Waals surface area contributed by atoms with E-state index < -0.39 is 0 Å². The Labute approximate surface area is 85.8 Å². The van der Waals surface area contributed by atoms with Crippen molar-refractivity contribution in [3.63, 3.8) is 0 Å². The maximum Gasteiger partial charge on any atom is 0.304 e. The quantitative estimate of drug-likeness (QED) is 0.654. The van der Waals surface area contributed by atoms with Crippen LogP contribution in [0.1, 0.15) is 46.5 Å². The molecule has 1 fully saturated rings. The smallest absolute Gasteiger partial charge is 0.304 e. The lowest BCUT2D eigenvalue weighted by atomic mass is 9.95. The molecule has 1 aliphatic heterocycles. The largest absolute Gasteiger partial charge is 0.436 e. The summed E-state index contributed by atoms with van der Waals surface area (Å²) in [6.45, 7) is 5.74. The summed E-state index contributed by atoms with van der Waals surface area (Å²) in [4.78, 5) is 10.8. The lowest BCUT2D eigenvalue weighted by Crippen LogP contribution is -2.17. The Bertz CT molecular complexity index is 191. The first-order chi connectivity index (χ1) is 6.67. The van der Waals surface area contributed by atoms with Crippen LogP contribution in [-0.4, -0.2) is 18.4 Å². The lowest BCUT2D eigenvalue weighted by molar-refractivity contribution is -0.173. The van der Waals surface area contributed by atoms with Crippen molar-refractivity contribution < 1.29 is 14.3 Å². The molecule has 1 saturated heterocycles. The third-order valence-corrected chi connectivity index (χ3v) is 2.74. The molecule has 3 nitrogen and oxygen atoms in total. The Kier molecular flexibility index (Phi) is 4.39. The minimum Gasteiger partial charge on any atom is -0.436 e. The van der Waals surface area contributed by atoms with Crippen LogP contribution in [0.15, 0.2) is 0 Å². The molecule has 3 heteroatoms. The Morgan fingerprint density at radius 3 is 2.71 bits per heavy atom. The van der Waals surface area contributed by atoms with Gasteiger partial charge in [-0.2, -0.15) is 0 Å². The van der Waals surface area contributed by atoms with Crippen LogP contribution in [0.3, 0.4) is 0 Å². The van der Waals surface area contributed by atoms with E-state index in [0.29, 0.717) is 5.92 Å². The van der Waals surface area contributed by atoms with E-state index in [9.17, 15) is 4.79 Å². The summed E-state index contributed by atoms with van der Waals surface area (Å²) in [6, 6.07) is 0. The van der Waals surface area contributed by atoms with Crippen molar-refractivity contribution in [2.24, 2.45) is 5.92 Å². The van der Waals surface area contributed by atoms with Gasteiger partial charge in [0.15, 0.2) is 0 Å². The van der Waals surface area contributed by atoms with Gasteiger partial charge < -0.3 is 9.47 Å². The summed E-state index contributed by atoms with van der Waals surface area (Å²) in [5.74, 6) is 0.307. The molecule has 0 aromatic rings. The standard InChI is InChI=1S/C11H20O3/c1-4-6-10-9(5-2)7-11(14-10)13-8(3)12/h9-11H,4-7H2,1-3H3/t9?,10-,11?/m1/s1. The van der Waals surface area contributed by atoms with Crippen LogP contribution in [-0.2, 0) is 14.3 Å². The maximum atomic E-state index is 10.8. The summed E-state index contributed by atoms with van der Waals surface area (Å²) in [5.41, 5.74) is 0. The minimum absolute atomic E-state index is 0.248. The zero-order valence-corrected chi connectivity index (χ0v) is 9.29. The predicted octanol–water partition coefficient (Wildman–Crippen LogP) is 2.49. The van der Waals surface area contributed by atoms with Gasteiger partial charge in [0.1, 0.15) is 0 Å². The molecule has 0 aromatic carbocycles. The monoisotopic (exact) mass is 200 g/mol. The number of carbonyl (C=O) groups is 1. The Balaban J connectivity index is 2.43. The first-order valence-corrected chi connectivity index (χ1v) is 5.50. The molecule has 0 aromatic heterocycles. The molecule has 0 N–H and O–H groups in total. The van der Waals surface area contributed by atoms with Gasteiger partial charge >= 0.3 is 5.97 Å². The third kappa shape index (κ3) is 2.98. The van der Waals surface area contributed by atoms with E-state index in [4.69, 9.17) is 9.47 Å². The second-order valence-electron chi connectivity index (χ2n) is 3.91. The topological polar surface area (TPSA) is 35.5 Å². The first-order valence-electron chi connectivity index (χ1n) is 5.50. The average Bonchev–Trinajstić information content (AvgIpc) is 2.47. The average molecular weight is 200 g/mol. The number of carbonyl (C=O) groups excluding carboxylic acids is 1. The van der Waals surface area contributed by atoms with E-state index >= 15 is 0 Å². The molecule has 0 bridgehead atoms. The Morgan fingerprint density at radius 1 is 1.50 bits per heavy atom. The molecule has 1 aliphatic rings. The third-order valence-electron chi connectivity index (χ3n) is 2.74. The minimum atomic E-state index is -0.297. The second kappa shape index (κ2) is 5.35. The highest BCUT2D eigenvalue weighted by molar-refractivity contribution is 5.66. The van der Waals surface area contributed by atoms with Crippen molar-refractivity contribution in [3.05, 3.63) is 0 Å². The predicted molar refractivity (Wildman–Crippen MR) is 53.7 cm³/mol. The molecule has 1 heterocycles. The molecule has 0 saturated carbocycles. The van der Waals surface area contributed by atoms with E-state index in [2.05, 4.69) is 13.8 Å². The van der Waals surface area contributed by atoms with Gasteiger partial charge in [-0.05, 0) is 12.3 Å². The van der Waals surface area contributed by atoms with E-state index in [-0.39, 0.29) is 18.4 Å². The molecule has 3 atom stereocenters. The van der Waals surface area contributed by atoms with Crippen molar-refractivity contribution in [1.82, 2.24) is 0 Å².